The Bertz CT molecular complexity index is 655. The van der Waals surface area contributed by atoms with Gasteiger partial charge in [-0.3, -0.25) is 10.1 Å². The highest BCUT2D eigenvalue weighted by Crippen LogP contribution is 2.34. The van der Waals surface area contributed by atoms with E-state index in [-0.39, 0.29) is 28.2 Å². The molecule has 0 amide bonds. The maximum absolute atomic E-state index is 13.8. The van der Waals surface area contributed by atoms with E-state index in [0.717, 1.165) is 10.7 Å². The zero-order valence-corrected chi connectivity index (χ0v) is 11.7. The van der Waals surface area contributed by atoms with Crippen molar-refractivity contribution in [2.45, 2.75) is 6.61 Å². The summed E-state index contributed by atoms with van der Waals surface area (Å²) in [5.41, 5.74) is -0.598. The highest BCUT2D eigenvalue weighted by molar-refractivity contribution is 6.34. The summed E-state index contributed by atoms with van der Waals surface area (Å²) >= 11 is 11.8. The Labute approximate surface area is 122 Å². The van der Waals surface area contributed by atoms with Gasteiger partial charge in [0.2, 0.25) is 5.15 Å². The molecule has 6 nitrogen and oxygen atoms in total. The van der Waals surface area contributed by atoms with Gasteiger partial charge in [-0.15, -0.1) is 0 Å². The second kappa shape index (κ2) is 5.74. The van der Waals surface area contributed by atoms with Crippen molar-refractivity contribution in [3.05, 3.63) is 50.0 Å². The standard InChI is InChI=1S/C11H8Cl2FN3O3/c1-20-5-8-10(17(18)19)11(13)16(15-8)9-6(12)3-2-4-7(9)14/h2-4H,5H2,1H3. The first kappa shape index (κ1) is 14.7. The van der Waals surface area contributed by atoms with Gasteiger partial charge in [0.1, 0.15) is 11.5 Å². The van der Waals surface area contributed by atoms with E-state index in [4.69, 9.17) is 27.9 Å². The third-order valence-electron chi connectivity index (χ3n) is 2.49. The van der Waals surface area contributed by atoms with E-state index in [1.165, 1.54) is 19.2 Å². The van der Waals surface area contributed by atoms with Crippen LogP contribution in [0.3, 0.4) is 0 Å². The van der Waals surface area contributed by atoms with Crippen LogP contribution in [0.4, 0.5) is 10.1 Å². The number of ether oxygens (including phenoxy) is 1. The number of hydrogen-bond donors (Lipinski definition) is 0. The summed E-state index contributed by atoms with van der Waals surface area (Å²) in [5.74, 6) is -0.694. The number of aromatic nitrogens is 2. The van der Waals surface area contributed by atoms with Crippen molar-refractivity contribution in [1.29, 1.82) is 0 Å². The fourth-order valence-electron chi connectivity index (χ4n) is 1.69. The highest BCUT2D eigenvalue weighted by atomic mass is 35.5. The van der Waals surface area contributed by atoms with Crippen molar-refractivity contribution in [3.8, 4) is 5.69 Å². The number of halogens is 3. The minimum atomic E-state index is -0.699. The van der Waals surface area contributed by atoms with E-state index in [9.17, 15) is 14.5 Å². The maximum atomic E-state index is 13.8. The lowest BCUT2D eigenvalue weighted by Crippen LogP contribution is -2.02. The Kier molecular flexibility index (Phi) is 4.22. The molecule has 20 heavy (non-hydrogen) atoms. The predicted octanol–water partition coefficient (Wildman–Crippen LogP) is 3.37. The molecular weight excluding hydrogens is 312 g/mol. The Morgan fingerprint density at radius 1 is 1.50 bits per heavy atom. The fourth-order valence-corrected chi connectivity index (χ4v) is 2.23. The van der Waals surface area contributed by atoms with Crippen LogP contribution in [0.5, 0.6) is 0 Å². The molecule has 0 saturated carbocycles. The summed E-state index contributed by atoms with van der Waals surface area (Å²) in [6.45, 7) is -0.130. The molecule has 0 unspecified atom stereocenters. The van der Waals surface area contributed by atoms with Crippen molar-refractivity contribution < 1.29 is 14.1 Å². The third-order valence-corrected chi connectivity index (χ3v) is 3.13. The molecule has 0 bridgehead atoms. The summed E-state index contributed by atoms with van der Waals surface area (Å²) < 4.78 is 19.6. The number of nitrogens with zero attached hydrogens (tertiary/aromatic N) is 3. The second-order valence-electron chi connectivity index (χ2n) is 3.76. The van der Waals surface area contributed by atoms with Gasteiger partial charge < -0.3 is 4.74 Å². The molecule has 0 spiro atoms. The lowest BCUT2D eigenvalue weighted by molar-refractivity contribution is -0.385. The zero-order chi connectivity index (χ0) is 14.9. The van der Waals surface area contributed by atoms with Crippen LogP contribution >= 0.6 is 23.2 Å². The molecule has 2 rings (SSSR count). The van der Waals surface area contributed by atoms with Crippen molar-refractivity contribution >= 4 is 28.9 Å². The third kappa shape index (κ3) is 2.47. The van der Waals surface area contributed by atoms with Gasteiger partial charge in [0.05, 0.1) is 16.6 Å². The average Bonchev–Trinajstić information content (AvgIpc) is 2.67. The van der Waals surface area contributed by atoms with Crippen LogP contribution in [0, 0.1) is 15.9 Å². The van der Waals surface area contributed by atoms with Crippen LogP contribution in [0.15, 0.2) is 18.2 Å². The van der Waals surface area contributed by atoms with Crippen molar-refractivity contribution in [2.75, 3.05) is 7.11 Å². The molecule has 0 N–H and O–H groups in total. The van der Waals surface area contributed by atoms with Gasteiger partial charge in [0, 0.05) is 7.11 Å². The molecule has 0 atom stereocenters. The molecule has 0 aliphatic carbocycles. The largest absolute Gasteiger partial charge is 0.378 e. The second-order valence-corrected chi connectivity index (χ2v) is 4.52. The van der Waals surface area contributed by atoms with E-state index in [1.54, 1.807) is 0 Å². The summed E-state index contributed by atoms with van der Waals surface area (Å²) in [4.78, 5) is 10.3. The van der Waals surface area contributed by atoms with Gasteiger partial charge in [0.25, 0.3) is 0 Å². The van der Waals surface area contributed by atoms with Crippen molar-refractivity contribution in [3.63, 3.8) is 0 Å². The maximum Gasteiger partial charge on any atom is 0.331 e. The first-order valence-corrected chi connectivity index (χ1v) is 6.08. The number of methoxy groups -OCH3 is 1. The van der Waals surface area contributed by atoms with Gasteiger partial charge in [0.15, 0.2) is 5.69 Å². The van der Waals surface area contributed by atoms with Crippen LogP contribution in [0.2, 0.25) is 10.2 Å². The van der Waals surface area contributed by atoms with Gasteiger partial charge >= 0.3 is 5.69 Å². The fraction of sp³-hybridized carbons (Fsp3) is 0.182. The molecule has 0 aliphatic heterocycles. The molecule has 0 radical (unpaired) electrons. The molecule has 0 fully saturated rings. The van der Waals surface area contributed by atoms with Crippen LogP contribution in [0.1, 0.15) is 5.69 Å². The SMILES string of the molecule is COCc1nn(-c2c(F)cccc2Cl)c(Cl)c1[N+](=O)[O-]. The molecule has 9 heteroatoms. The monoisotopic (exact) mass is 319 g/mol. The molecule has 1 aromatic heterocycles. The minimum absolute atomic E-state index is 0.0122. The Hall–Kier alpha value is -1.70. The smallest absolute Gasteiger partial charge is 0.331 e. The van der Waals surface area contributed by atoms with E-state index in [0.29, 0.717) is 0 Å². The number of benzene rings is 1. The van der Waals surface area contributed by atoms with Crippen LogP contribution < -0.4 is 0 Å². The van der Waals surface area contributed by atoms with Gasteiger partial charge in [-0.25, -0.2) is 9.07 Å². The lowest BCUT2D eigenvalue weighted by Gasteiger charge is -2.05. The molecule has 0 aliphatic rings. The van der Waals surface area contributed by atoms with Gasteiger partial charge in [-0.2, -0.15) is 5.10 Å². The van der Waals surface area contributed by atoms with Gasteiger partial charge in [-0.1, -0.05) is 29.3 Å². The van der Waals surface area contributed by atoms with Crippen molar-refractivity contribution in [2.24, 2.45) is 0 Å². The first-order valence-electron chi connectivity index (χ1n) is 5.32. The summed E-state index contributed by atoms with van der Waals surface area (Å²) in [6.07, 6.45) is 0. The number of nitro groups is 1. The number of para-hydroxylation sites is 1. The van der Waals surface area contributed by atoms with E-state index >= 15 is 0 Å². The molecule has 1 heterocycles. The molecule has 2 aromatic rings. The van der Waals surface area contributed by atoms with Crippen molar-refractivity contribution in [1.82, 2.24) is 9.78 Å². The highest BCUT2D eigenvalue weighted by Gasteiger charge is 2.29. The number of rotatable bonds is 4. The summed E-state index contributed by atoms with van der Waals surface area (Å²) in [5, 5.41) is 14.6. The topological polar surface area (TPSA) is 70.2 Å². The van der Waals surface area contributed by atoms with Gasteiger partial charge in [-0.05, 0) is 12.1 Å². The molecule has 106 valence electrons. The Morgan fingerprint density at radius 3 is 2.75 bits per heavy atom. The minimum Gasteiger partial charge on any atom is -0.378 e. The van der Waals surface area contributed by atoms with Crippen LogP contribution in [0.25, 0.3) is 5.69 Å². The molecular formula is C11H8Cl2FN3O3. The molecule has 1 aromatic carbocycles. The average molecular weight is 320 g/mol. The lowest BCUT2D eigenvalue weighted by atomic mass is 10.3. The zero-order valence-electron chi connectivity index (χ0n) is 10.1. The summed E-state index contributed by atoms with van der Waals surface area (Å²) in [6, 6.07) is 3.99. The normalized spacial score (nSPS) is 10.8. The summed E-state index contributed by atoms with van der Waals surface area (Å²) in [7, 11) is 1.35. The van der Waals surface area contributed by atoms with E-state index < -0.39 is 16.4 Å². The Balaban J connectivity index is 2.70. The van der Waals surface area contributed by atoms with Crippen LogP contribution in [-0.4, -0.2) is 21.8 Å². The van der Waals surface area contributed by atoms with E-state index in [2.05, 4.69) is 5.10 Å². The molecule has 0 saturated heterocycles. The van der Waals surface area contributed by atoms with Crippen LogP contribution in [-0.2, 0) is 11.3 Å². The first-order chi connectivity index (χ1) is 9.47. The number of hydrogen-bond acceptors (Lipinski definition) is 4. The predicted molar refractivity (Wildman–Crippen MR) is 70.9 cm³/mol. The van der Waals surface area contributed by atoms with E-state index in [1.807, 2.05) is 0 Å². The quantitative estimate of drug-likeness (QED) is 0.640. The Morgan fingerprint density at radius 2 is 2.20 bits per heavy atom.